The fourth-order valence-electron chi connectivity index (χ4n) is 2.92. The standard InChI is InChI=1S/C25H26FNO3/c1-3-23(30-24-7-5-4-6-18(24)2)25(28)27-16-19-10-14-22(15-11-19)29-17-20-8-12-21(26)13-9-20/h4-15,23H,3,16-17H2,1-2H3,(H,27,28)/t23-/m0/s1. The van der Waals surface area contributed by atoms with Crippen molar-refractivity contribution in [3.05, 3.63) is 95.3 Å². The van der Waals surface area contributed by atoms with E-state index < -0.39 is 6.10 Å². The number of rotatable bonds is 9. The summed E-state index contributed by atoms with van der Waals surface area (Å²) in [5.74, 6) is 1.03. The van der Waals surface area contributed by atoms with E-state index in [0.717, 1.165) is 22.4 Å². The number of benzene rings is 3. The van der Waals surface area contributed by atoms with Gasteiger partial charge in [0.2, 0.25) is 0 Å². The largest absolute Gasteiger partial charge is 0.489 e. The summed E-state index contributed by atoms with van der Waals surface area (Å²) >= 11 is 0. The molecule has 0 unspecified atom stereocenters. The van der Waals surface area contributed by atoms with Crippen molar-refractivity contribution in [1.82, 2.24) is 5.32 Å². The van der Waals surface area contributed by atoms with Gasteiger partial charge < -0.3 is 14.8 Å². The van der Waals surface area contributed by atoms with Crippen LogP contribution in [0.4, 0.5) is 4.39 Å². The van der Waals surface area contributed by atoms with Crippen LogP contribution in [0.3, 0.4) is 0 Å². The van der Waals surface area contributed by atoms with Crippen LogP contribution in [0, 0.1) is 12.7 Å². The molecule has 5 heteroatoms. The maximum absolute atomic E-state index is 12.9. The van der Waals surface area contributed by atoms with Crippen LogP contribution in [0.15, 0.2) is 72.8 Å². The number of nitrogens with one attached hydrogen (secondary N) is 1. The lowest BCUT2D eigenvalue weighted by molar-refractivity contribution is -0.128. The van der Waals surface area contributed by atoms with Gasteiger partial charge in [-0.3, -0.25) is 4.79 Å². The number of hydrogen-bond acceptors (Lipinski definition) is 3. The summed E-state index contributed by atoms with van der Waals surface area (Å²) in [7, 11) is 0. The van der Waals surface area contributed by atoms with Gasteiger partial charge in [0, 0.05) is 6.54 Å². The molecule has 1 N–H and O–H groups in total. The maximum Gasteiger partial charge on any atom is 0.261 e. The van der Waals surface area contributed by atoms with Gasteiger partial charge in [-0.1, -0.05) is 49.4 Å². The normalized spacial score (nSPS) is 11.6. The van der Waals surface area contributed by atoms with E-state index >= 15 is 0 Å². The summed E-state index contributed by atoms with van der Waals surface area (Å²) in [5.41, 5.74) is 2.86. The lowest BCUT2D eigenvalue weighted by atomic mass is 10.2. The molecule has 3 rings (SSSR count). The molecule has 0 aliphatic carbocycles. The van der Waals surface area contributed by atoms with Gasteiger partial charge in [-0.25, -0.2) is 4.39 Å². The number of ether oxygens (including phenoxy) is 2. The minimum absolute atomic E-state index is 0.141. The lowest BCUT2D eigenvalue weighted by Crippen LogP contribution is -2.37. The smallest absolute Gasteiger partial charge is 0.261 e. The summed E-state index contributed by atoms with van der Waals surface area (Å²) in [5, 5.41) is 2.93. The van der Waals surface area contributed by atoms with Crippen molar-refractivity contribution in [2.45, 2.75) is 39.5 Å². The summed E-state index contributed by atoms with van der Waals surface area (Å²) < 4.78 is 24.5. The Kier molecular flexibility index (Phi) is 7.44. The van der Waals surface area contributed by atoms with Crippen molar-refractivity contribution in [3.8, 4) is 11.5 Å². The molecule has 1 amide bonds. The van der Waals surface area contributed by atoms with E-state index in [2.05, 4.69) is 5.32 Å². The highest BCUT2D eigenvalue weighted by atomic mass is 19.1. The monoisotopic (exact) mass is 407 g/mol. The Balaban J connectivity index is 1.49. The third kappa shape index (κ3) is 6.08. The van der Waals surface area contributed by atoms with Crippen LogP contribution in [0.1, 0.15) is 30.0 Å². The zero-order valence-electron chi connectivity index (χ0n) is 17.2. The molecule has 0 saturated heterocycles. The van der Waals surface area contributed by atoms with Crippen LogP contribution in [0.5, 0.6) is 11.5 Å². The minimum atomic E-state index is -0.538. The topological polar surface area (TPSA) is 47.6 Å². The Morgan fingerprint density at radius 3 is 2.30 bits per heavy atom. The van der Waals surface area contributed by atoms with E-state index in [0.29, 0.717) is 25.3 Å². The Hall–Kier alpha value is -3.34. The second-order valence-electron chi connectivity index (χ2n) is 7.06. The number of amides is 1. The molecular weight excluding hydrogens is 381 g/mol. The second kappa shape index (κ2) is 10.4. The Bertz CT molecular complexity index is 955. The van der Waals surface area contributed by atoms with Crippen molar-refractivity contribution in [2.24, 2.45) is 0 Å². The second-order valence-corrected chi connectivity index (χ2v) is 7.06. The van der Waals surface area contributed by atoms with E-state index in [4.69, 9.17) is 9.47 Å². The van der Waals surface area contributed by atoms with Crippen LogP contribution in [0.2, 0.25) is 0 Å². The van der Waals surface area contributed by atoms with Crippen LogP contribution in [0.25, 0.3) is 0 Å². The van der Waals surface area contributed by atoms with Crippen LogP contribution in [-0.4, -0.2) is 12.0 Å². The van der Waals surface area contributed by atoms with Crippen LogP contribution >= 0.6 is 0 Å². The van der Waals surface area contributed by atoms with Crippen molar-refractivity contribution >= 4 is 5.91 Å². The number of para-hydroxylation sites is 1. The zero-order valence-corrected chi connectivity index (χ0v) is 17.2. The van der Waals surface area contributed by atoms with Crippen molar-refractivity contribution in [2.75, 3.05) is 0 Å². The first kappa shape index (κ1) is 21.4. The summed E-state index contributed by atoms with van der Waals surface area (Å²) in [6.07, 6.45) is 0.0421. The lowest BCUT2D eigenvalue weighted by Gasteiger charge is -2.18. The molecule has 0 bridgehead atoms. The number of carbonyl (C=O) groups is 1. The summed E-state index contributed by atoms with van der Waals surface area (Å²) in [6.45, 7) is 4.66. The van der Waals surface area contributed by atoms with E-state index in [1.807, 2.05) is 62.4 Å². The van der Waals surface area contributed by atoms with Gasteiger partial charge in [-0.2, -0.15) is 0 Å². The third-order valence-electron chi connectivity index (χ3n) is 4.73. The van der Waals surface area contributed by atoms with Gasteiger partial charge in [-0.15, -0.1) is 0 Å². The average molecular weight is 407 g/mol. The Morgan fingerprint density at radius 1 is 0.967 bits per heavy atom. The molecule has 0 aromatic heterocycles. The molecule has 3 aromatic rings. The van der Waals surface area contributed by atoms with Crippen LogP contribution in [-0.2, 0) is 17.9 Å². The van der Waals surface area contributed by atoms with Gasteiger partial charge in [0.25, 0.3) is 5.91 Å². The van der Waals surface area contributed by atoms with Gasteiger partial charge >= 0.3 is 0 Å². The SMILES string of the molecule is CC[C@H](Oc1ccccc1C)C(=O)NCc1ccc(OCc2ccc(F)cc2)cc1. The van der Waals surface area contributed by atoms with Gasteiger partial charge in [0.05, 0.1) is 0 Å². The fourth-order valence-corrected chi connectivity index (χ4v) is 2.92. The van der Waals surface area contributed by atoms with Gasteiger partial charge in [0.15, 0.2) is 6.10 Å². The summed E-state index contributed by atoms with van der Waals surface area (Å²) in [4.78, 5) is 12.5. The highest BCUT2D eigenvalue weighted by Gasteiger charge is 2.18. The first-order chi connectivity index (χ1) is 14.5. The molecule has 4 nitrogen and oxygen atoms in total. The summed E-state index contributed by atoms with van der Waals surface area (Å²) in [6, 6.07) is 21.4. The molecule has 0 spiro atoms. The quantitative estimate of drug-likeness (QED) is 0.531. The van der Waals surface area contributed by atoms with Crippen LogP contribution < -0.4 is 14.8 Å². The van der Waals surface area contributed by atoms with E-state index in [1.54, 1.807) is 12.1 Å². The molecule has 30 heavy (non-hydrogen) atoms. The van der Waals surface area contributed by atoms with E-state index in [1.165, 1.54) is 12.1 Å². The number of hydrogen-bond donors (Lipinski definition) is 1. The maximum atomic E-state index is 12.9. The first-order valence-corrected chi connectivity index (χ1v) is 10.0. The molecule has 0 saturated carbocycles. The third-order valence-corrected chi connectivity index (χ3v) is 4.73. The van der Waals surface area contributed by atoms with Crippen molar-refractivity contribution in [1.29, 1.82) is 0 Å². The zero-order chi connectivity index (χ0) is 21.3. The number of aryl methyl sites for hydroxylation is 1. The van der Waals surface area contributed by atoms with Crippen molar-refractivity contribution < 1.29 is 18.7 Å². The van der Waals surface area contributed by atoms with Crippen molar-refractivity contribution in [3.63, 3.8) is 0 Å². The van der Waals surface area contributed by atoms with Gasteiger partial charge in [-0.05, 0) is 60.4 Å². The molecule has 156 valence electrons. The average Bonchev–Trinajstić information content (AvgIpc) is 2.77. The molecule has 0 radical (unpaired) electrons. The minimum Gasteiger partial charge on any atom is -0.489 e. The molecule has 0 aliphatic heterocycles. The first-order valence-electron chi connectivity index (χ1n) is 10.0. The molecule has 3 aromatic carbocycles. The molecular formula is C25H26FNO3. The van der Waals surface area contributed by atoms with E-state index in [-0.39, 0.29) is 11.7 Å². The fraction of sp³-hybridized carbons (Fsp3) is 0.240. The van der Waals surface area contributed by atoms with E-state index in [9.17, 15) is 9.18 Å². The Labute approximate surface area is 176 Å². The molecule has 0 heterocycles. The Morgan fingerprint density at radius 2 is 1.63 bits per heavy atom. The molecule has 0 fully saturated rings. The van der Waals surface area contributed by atoms with Gasteiger partial charge in [0.1, 0.15) is 23.9 Å². The predicted molar refractivity (Wildman–Crippen MR) is 115 cm³/mol. The highest BCUT2D eigenvalue weighted by molar-refractivity contribution is 5.81. The molecule has 0 aliphatic rings. The highest BCUT2D eigenvalue weighted by Crippen LogP contribution is 2.19. The number of halogens is 1. The predicted octanol–water partition coefficient (Wildman–Crippen LogP) is 5.19. The number of carbonyl (C=O) groups excluding carboxylic acids is 1. The molecule has 1 atom stereocenters.